The lowest BCUT2D eigenvalue weighted by Crippen LogP contribution is -1.96. The molecule has 1 aromatic heterocycles. The standard InChI is InChI=1S/C12H14FN3S/c13-11-8-10(14)2-3-12(11)17-7-1-5-16-6-4-15-9-16/h2-4,6,8-9H,1,5,7,14H2. The Hall–Kier alpha value is -1.49. The molecule has 1 heterocycles. The van der Waals surface area contributed by atoms with Crippen LogP contribution in [0.1, 0.15) is 6.42 Å². The Balaban J connectivity index is 1.78. The molecule has 3 nitrogen and oxygen atoms in total. The molecule has 2 N–H and O–H groups in total. The van der Waals surface area contributed by atoms with Gasteiger partial charge in [0.05, 0.1) is 6.33 Å². The van der Waals surface area contributed by atoms with Gasteiger partial charge in [0.15, 0.2) is 0 Å². The molecule has 0 saturated heterocycles. The number of hydrogen-bond acceptors (Lipinski definition) is 3. The summed E-state index contributed by atoms with van der Waals surface area (Å²) in [5.74, 6) is 0.636. The van der Waals surface area contributed by atoms with E-state index in [1.54, 1.807) is 24.7 Å². The van der Waals surface area contributed by atoms with Crippen molar-refractivity contribution in [2.75, 3.05) is 11.5 Å². The minimum Gasteiger partial charge on any atom is -0.399 e. The quantitative estimate of drug-likeness (QED) is 0.505. The monoisotopic (exact) mass is 251 g/mol. The highest BCUT2D eigenvalue weighted by molar-refractivity contribution is 7.99. The smallest absolute Gasteiger partial charge is 0.138 e. The third kappa shape index (κ3) is 3.49. The van der Waals surface area contributed by atoms with Crippen molar-refractivity contribution in [3.63, 3.8) is 0 Å². The summed E-state index contributed by atoms with van der Waals surface area (Å²) in [6.07, 6.45) is 6.44. The Kier molecular flexibility index (Phi) is 4.03. The molecule has 0 aliphatic rings. The summed E-state index contributed by atoms with van der Waals surface area (Å²) < 4.78 is 15.4. The van der Waals surface area contributed by atoms with E-state index >= 15 is 0 Å². The van der Waals surface area contributed by atoms with Crippen molar-refractivity contribution in [1.82, 2.24) is 9.55 Å². The molecule has 0 aliphatic carbocycles. The summed E-state index contributed by atoms with van der Waals surface area (Å²) in [5.41, 5.74) is 5.95. The van der Waals surface area contributed by atoms with E-state index in [1.165, 1.54) is 17.8 Å². The fourth-order valence-corrected chi connectivity index (χ4v) is 2.34. The zero-order valence-electron chi connectivity index (χ0n) is 9.34. The maximum atomic E-state index is 13.4. The second kappa shape index (κ2) is 5.72. The summed E-state index contributed by atoms with van der Waals surface area (Å²) >= 11 is 1.51. The number of hydrogen-bond donors (Lipinski definition) is 1. The summed E-state index contributed by atoms with van der Waals surface area (Å²) in [6.45, 7) is 0.906. The number of rotatable bonds is 5. The fraction of sp³-hybridized carbons (Fsp3) is 0.250. The Morgan fingerprint density at radius 1 is 1.41 bits per heavy atom. The maximum absolute atomic E-state index is 13.4. The van der Waals surface area contributed by atoms with Crippen LogP contribution in [-0.4, -0.2) is 15.3 Å². The number of aryl methyl sites for hydroxylation is 1. The molecule has 0 radical (unpaired) electrons. The van der Waals surface area contributed by atoms with Gasteiger partial charge in [-0.15, -0.1) is 11.8 Å². The van der Waals surface area contributed by atoms with Crippen molar-refractivity contribution in [1.29, 1.82) is 0 Å². The van der Waals surface area contributed by atoms with Crippen molar-refractivity contribution in [2.45, 2.75) is 17.9 Å². The van der Waals surface area contributed by atoms with E-state index < -0.39 is 0 Å². The largest absolute Gasteiger partial charge is 0.399 e. The Morgan fingerprint density at radius 2 is 2.29 bits per heavy atom. The average Bonchev–Trinajstić information content (AvgIpc) is 2.79. The molecule has 1 aromatic carbocycles. The van der Waals surface area contributed by atoms with Gasteiger partial charge in [-0.25, -0.2) is 9.37 Å². The van der Waals surface area contributed by atoms with Gasteiger partial charge in [0.1, 0.15) is 5.82 Å². The second-order valence-corrected chi connectivity index (χ2v) is 4.83. The topological polar surface area (TPSA) is 43.8 Å². The summed E-state index contributed by atoms with van der Waals surface area (Å²) in [5, 5.41) is 0. The van der Waals surface area contributed by atoms with Crippen LogP contribution in [0.5, 0.6) is 0 Å². The highest BCUT2D eigenvalue weighted by Gasteiger charge is 2.02. The number of benzene rings is 1. The van der Waals surface area contributed by atoms with Gasteiger partial charge in [0, 0.05) is 29.5 Å². The van der Waals surface area contributed by atoms with E-state index in [1.807, 2.05) is 10.8 Å². The van der Waals surface area contributed by atoms with Crippen molar-refractivity contribution in [3.8, 4) is 0 Å². The molecule has 0 bridgehead atoms. The first-order valence-electron chi connectivity index (χ1n) is 5.39. The molecule has 17 heavy (non-hydrogen) atoms. The van der Waals surface area contributed by atoms with Crippen LogP contribution >= 0.6 is 11.8 Å². The first kappa shape index (κ1) is 12.0. The van der Waals surface area contributed by atoms with Crippen molar-refractivity contribution < 1.29 is 4.39 Å². The molecule has 0 aliphatic heterocycles. The Labute approximate surface area is 104 Å². The molecule has 0 fully saturated rings. The minimum atomic E-state index is -0.238. The molecule has 0 spiro atoms. The van der Waals surface area contributed by atoms with Gasteiger partial charge >= 0.3 is 0 Å². The van der Waals surface area contributed by atoms with Crippen molar-refractivity contribution in [2.24, 2.45) is 0 Å². The molecule has 0 saturated carbocycles. The minimum absolute atomic E-state index is 0.238. The number of anilines is 1. The van der Waals surface area contributed by atoms with Gasteiger partial charge in [-0.05, 0) is 30.4 Å². The molecular formula is C12H14FN3S. The number of nitrogen functional groups attached to an aromatic ring is 1. The fourth-order valence-electron chi connectivity index (χ4n) is 1.48. The van der Waals surface area contributed by atoms with Crippen LogP contribution in [0.15, 0.2) is 41.8 Å². The molecule has 0 amide bonds. The third-order valence-corrected chi connectivity index (χ3v) is 3.47. The van der Waals surface area contributed by atoms with Crippen LogP contribution in [0.2, 0.25) is 0 Å². The van der Waals surface area contributed by atoms with Crippen LogP contribution in [0, 0.1) is 5.82 Å². The van der Waals surface area contributed by atoms with Gasteiger partial charge in [-0.3, -0.25) is 0 Å². The number of aromatic nitrogens is 2. The average molecular weight is 251 g/mol. The van der Waals surface area contributed by atoms with E-state index in [0.717, 1.165) is 18.7 Å². The molecule has 2 aromatic rings. The number of nitrogens with two attached hydrogens (primary N) is 1. The summed E-state index contributed by atoms with van der Waals surface area (Å²) in [4.78, 5) is 4.62. The van der Waals surface area contributed by atoms with E-state index in [0.29, 0.717) is 10.6 Å². The summed E-state index contributed by atoms with van der Waals surface area (Å²) in [6, 6.07) is 4.81. The first-order chi connectivity index (χ1) is 8.25. The highest BCUT2D eigenvalue weighted by Crippen LogP contribution is 2.24. The molecule has 5 heteroatoms. The van der Waals surface area contributed by atoms with Crippen LogP contribution in [-0.2, 0) is 6.54 Å². The summed E-state index contributed by atoms with van der Waals surface area (Å²) in [7, 11) is 0. The highest BCUT2D eigenvalue weighted by atomic mass is 32.2. The lowest BCUT2D eigenvalue weighted by Gasteiger charge is -2.04. The maximum Gasteiger partial charge on any atom is 0.138 e. The van der Waals surface area contributed by atoms with E-state index in [4.69, 9.17) is 5.73 Å². The SMILES string of the molecule is Nc1ccc(SCCCn2ccnc2)c(F)c1. The molecule has 90 valence electrons. The lowest BCUT2D eigenvalue weighted by molar-refractivity contribution is 0.602. The number of imidazole rings is 1. The Bertz CT molecular complexity index is 471. The van der Waals surface area contributed by atoms with Crippen LogP contribution < -0.4 is 5.73 Å². The van der Waals surface area contributed by atoms with Crippen molar-refractivity contribution in [3.05, 3.63) is 42.7 Å². The zero-order valence-corrected chi connectivity index (χ0v) is 10.2. The van der Waals surface area contributed by atoms with E-state index in [2.05, 4.69) is 4.98 Å². The zero-order chi connectivity index (χ0) is 12.1. The number of nitrogens with zero attached hydrogens (tertiary/aromatic N) is 2. The number of halogens is 1. The molecular weight excluding hydrogens is 237 g/mol. The predicted molar refractivity (Wildman–Crippen MR) is 68.4 cm³/mol. The Morgan fingerprint density at radius 3 is 3.00 bits per heavy atom. The molecule has 2 rings (SSSR count). The molecule has 0 unspecified atom stereocenters. The first-order valence-corrected chi connectivity index (χ1v) is 6.38. The lowest BCUT2D eigenvalue weighted by atomic mass is 10.3. The molecule has 0 atom stereocenters. The van der Waals surface area contributed by atoms with Gasteiger partial charge in [-0.1, -0.05) is 0 Å². The predicted octanol–water partition coefficient (Wildman–Crippen LogP) is 2.79. The normalized spacial score (nSPS) is 10.6. The van der Waals surface area contributed by atoms with Crippen molar-refractivity contribution >= 4 is 17.4 Å². The van der Waals surface area contributed by atoms with E-state index in [9.17, 15) is 4.39 Å². The van der Waals surface area contributed by atoms with E-state index in [-0.39, 0.29) is 5.82 Å². The van der Waals surface area contributed by atoms with Gasteiger partial charge < -0.3 is 10.3 Å². The van der Waals surface area contributed by atoms with Crippen LogP contribution in [0.4, 0.5) is 10.1 Å². The van der Waals surface area contributed by atoms with Crippen LogP contribution in [0.25, 0.3) is 0 Å². The van der Waals surface area contributed by atoms with Crippen LogP contribution in [0.3, 0.4) is 0 Å². The number of thioether (sulfide) groups is 1. The van der Waals surface area contributed by atoms with Gasteiger partial charge in [-0.2, -0.15) is 0 Å². The van der Waals surface area contributed by atoms with Gasteiger partial charge in [0.25, 0.3) is 0 Å². The third-order valence-electron chi connectivity index (χ3n) is 2.33. The van der Waals surface area contributed by atoms with Gasteiger partial charge in [0.2, 0.25) is 0 Å². The second-order valence-electron chi connectivity index (χ2n) is 3.69.